The van der Waals surface area contributed by atoms with E-state index in [1.165, 1.54) is 0 Å². The van der Waals surface area contributed by atoms with Crippen molar-refractivity contribution in [1.29, 1.82) is 0 Å². The molecule has 0 bridgehead atoms. The van der Waals surface area contributed by atoms with E-state index in [1.807, 2.05) is 13.0 Å². The largest absolute Gasteiger partial charge is 0.462 e. The molecule has 1 aliphatic rings. The van der Waals surface area contributed by atoms with Crippen LogP contribution in [0, 0.1) is 6.92 Å². The van der Waals surface area contributed by atoms with Crippen molar-refractivity contribution in [2.75, 3.05) is 23.4 Å². The Morgan fingerprint density at radius 1 is 1.15 bits per heavy atom. The minimum atomic E-state index is -0.428. The lowest BCUT2D eigenvalue weighted by Crippen LogP contribution is -2.24. The van der Waals surface area contributed by atoms with Crippen molar-refractivity contribution in [3.8, 4) is 0 Å². The van der Waals surface area contributed by atoms with Crippen LogP contribution in [0.5, 0.6) is 0 Å². The van der Waals surface area contributed by atoms with Crippen LogP contribution in [0.15, 0.2) is 42.5 Å². The van der Waals surface area contributed by atoms with Crippen LogP contribution in [-0.2, 0) is 9.53 Å². The first-order valence-corrected chi connectivity index (χ1v) is 8.99. The lowest BCUT2D eigenvalue weighted by atomic mass is 10.1. The minimum Gasteiger partial charge on any atom is -0.462 e. The molecular weight excluding hydrogens is 344 g/mol. The molecule has 1 N–H and O–H groups in total. The van der Waals surface area contributed by atoms with Gasteiger partial charge in [0.25, 0.3) is 5.91 Å². The Balaban J connectivity index is 1.80. The molecule has 0 spiro atoms. The predicted molar refractivity (Wildman–Crippen MR) is 103 cm³/mol. The quantitative estimate of drug-likeness (QED) is 0.821. The Morgan fingerprint density at radius 2 is 1.96 bits per heavy atom. The molecule has 0 atom stereocenters. The molecule has 6 heteroatoms. The average molecular weight is 366 g/mol. The van der Waals surface area contributed by atoms with Gasteiger partial charge in [-0.25, -0.2) is 4.79 Å². The first kappa shape index (κ1) is 18.6. The lowest BCUT2D eigenvalue weighted by Gasteiger charge is -2.16. The third kappa shape index (κ3) is 4.16. The van der Waals surface area contributed by atoms with Gasteiger partial charge in [-0.05, 0) is 56.2 Å². The van der Waals surface area contributed by atoms with Crippen molar-refractivity contribution >= 4 is 29.2 Å². The lowest BCUT2D eigenvalue weighted by molar-refractivity contribution is -0.117. The monoisotopic (exact) mass is 366 g/mol. The van der Waals surface area contributed by atoms with Crippen LogP contribution in [-0.4, -0.2) is 30.9 Å². The van der Waals surface area contributed by atoms with Crippen LogP contribution >= 0.6 is 0 Å². The molecule has 6 nitrogen and oxygen atoms in total. The maximum absolute atomic E-state index is 12.7. The third-order valence-electron chi connectivity index (χ3n) is 4.49. The molecule has 1 fully saturated rings. The molecular formula is C21H22N2O4. The fourth-order valence-electron chi connectivity index (χ4n) is 3.03. The second-order valence-electron chi connectivity index (χ2n) is 6.40. The number of anilines is 2. The maximum atomic E-state index is 12.7. The number of nitrogens with zero attached hydrogens (tertiary/aromatic N) is 1. The zero-order valence-electron chi connectivity index (χ0n) is 15.5. The maximum Gasteiger partial charge on any atom is 0.338 e. The van der Waals surface area contributed by atoms with Crippen molar-refractivity contribution in [2.45, 2.75) is 26.7 Å². The fraction of sp³-hybridized carbons (Fsp3) is 0.286. The van der Waals surface area contributed by atoms with Gasteiger partial charge in [0.2, 0.25) is 5.91 Å². The summed E-state index contributed by atoms with van der Waals surface area (Å²) in [6.07, 6.45) is 1.37. The highest BCUT2D eigenvalue weighted by Gasteiger charge is 2.22. The van der Waals surface area contributed by atoms with Crippen LogP contribution in [0.3, 0.4) is 0 Å². The molecule has 2 aromatic rings. The zero-order valence-corrected chi connectivity index (χ0v) is 15.5. The van der Waals surface area contributed by atoms with Gasteiger partial charge in [0.1, 0.15) is 0 Å². The number of benzene rings is 2. The highest BCUT2D eigenvalue weighted by Crippen LogP contribution is 2.23. The fourth-order valence-corrected chi connectivity index (χ4v) is 3.03. The number of carbonyl (C=O) groups is 3. The number of esters is 1. The van der Waals surface area contributed by atoms with Gasteiger partial charge in [0.05, 0.1) is 12.2 Å². The molecule has 1 heterocycles. The molecule has 3 rings (SSSR count). The number of hydrogen-bond acceptors (Lipinski definition) is 4. The van der Waals surface area contributed by atoms with Crippen molar-refractivity contribution in [3.05, 3.63) is 59.2 Å². The summed E-state index contributed by atoms with van der Waals surface area (Å²) in [5.41, 5.74) is 2.94. The van der Waals surface area contributed by atoms with Gasteiger partial charge in [-0.1, -0.05) is 12.1 Å². The molecule has 1 saturated heterocycles. The molecule has 0 radical (unpaired) electrons. The Bertz CT molecular complexity index is 892. The van der Waals surface area contributed by atoms with E-state index in [1.54, 1.807) is 48.2 Å². The van der Waals surface area contributed by atoms with Crippen molar-refractivity contribution in [1.82, 2.24) is 0 Å². The predicted octanol–water partition coefficient (Wildman–Crippen LogP) is 3.55. The summed E-state index contributed by atoms with van der Waals surface area (Å²) in [4.78, 5) is 38.2. The SMILES string of the molecule is CCOC(=O)c1ccc(C)c(NC(=O)c2cccc(N3CCCC3=O)c2)c1. The highest BCUT2D eigenvalue weighted by atomic mass is 16.5. The van der Waals surface area contributed by atoms with Crippen LogP contribution in [0.25, 0.3) is 0 Å². The summed E-state index contributed by atoms with van der Waals surface area (Å²) >= 11 is 0. The van der Waals surface area contributed by atoms with Gasteiger partial charge in [0, 0.05) is 29.9 Å². The van der Waals surface area contributed by atoms with E-state index in [-0.39, 0.29) is 18.4 Å². The molecule has 140 valence electrons. The summed E-state index contributed by atoms with van der Waals surface area (Å²) in [5, 5.41) is 2.84. The average Bonchev–Trinajstić information content (AvgIpc) is 3.09. The first-order valence-electron chi connectivity index (χ1n) is 8.99. The number of carbonyl (C=O) groups excluding carboxylic acids is 3. The number of rotatable bonds is 5. The molecule has 1 aliphatic heterocycles. The van der Waals surface area contributed by atoms with E-state index in [0.29, 0.717) is 29.8 Å². The second-order valence-corrected chi connectivity index (χ2v) is 6.40. The smallest absolute Gasteiger partial charge is 0.338 e. The molecule has 0 saturated carbocycles. The Hall–Kier alpha value is -3.15. The van der Waals surface area contributed by atoms with Gasteiger partial charge < -0.3 is 15.0 Å². The standard InChI is InChI=1S/C21H22N2O4/c1-3-27-21(26)16-10-9-14(2)18(13-16)22-20(25)15-6-4-7-17(12-15)23-11-5-8-19(23)24/h4,6-7,9-10,12-13H,3,5,8,11H2,1-2H3,(H,22,25). The third-order valence-corrected chi connectivity index (χ3v) is 4.49. The number of hydrogen-bond donors (Lipinski definition) is 1. The van der Waals surface area contributed by atoms with E-state index < -0.39 is 5.97 Å². The summed E-state index contributed by atoms with van der Waals surface area (Å²) in [7, 11) is 0. The number of ether oxygens (including phenoxy) is 1. The Kier molecular flexibility index (Phi) is 5.54. The van der Waals surface area contributed by atoms with Gasteiger partial charge in [0.15, 0.2) is 0 Å². The van der Waals surface area contributed by atoms with Gasteiger partial charge in [-0.2, -0.15) is 0 Å². The van der Waals surface area contributed by atoms with Crippen LogP contribution in [0.1, 0.15) is 46.0 Å². The molecule has 0 aromatic heterocycles. The van der Waals surface area contributed by atoms with E-state index in [4.69, 9.17) is 4.74 Å². The number of aryl methyl sites for hydroxylation is 1. The molecule has 0 aliphatic carbocycles. The van der Waals surface area contributed by atoms with E-state index >= 15 is 0 Å². The summed E-state index contributed by atoms with van der Waals surface area (Å²) in [5.74, 6) is -0.652. The topological polar surface area (TPSA) is 75.7 Å². The minimum absolute atomic E-state index is 0.0746. The van der Waals surface area contributed by atoms with Crippen LogP contribution in [0.4, 0.5) is 11.4 Å². The summed E-state index contributed by atoms with van der Waals surface area (Å²) in [6.45, 7) is 4.55. The van der Waals surface area contributed by atoms with Gasteiger partial charge in [-0.3, -0.25) is 9.59 Å². The first-order chi connectivity index (χ1) is 13.0. The second kappa shape index (κ2) is 8.03. The number of amides is 2. The zero-order chi connectivity index (χ0) is 19.4. The summed E-state index contributed by atoms with van der Waals surface area (Å²) in [6, 6.07) is 12.0. The van der Waals surface area contributed by atoms with Crippen molar-refractivity contribution in [3.63, 3.8) is 0 Å². The van der Waals surface area contributed by atoms with Crippen LogP contribution < -0.4 is 10.2 Å². The van der Waals surface area contributed by atoms with Crippen LogP contribution in [0.2, 0.25) is 0 Å². The summed E-state index contributed by atoms with van der Waals surface area (Å²) < 4.78 is 5.01. The van der Waals surface area contributed by atoms with E-state index in [2.05, 4.69) is 5.32 Å². The molecule has 2 amide bonds. The molecule has 2 aromatic carbocycles. The Morgan fingerprint density at radius 3 is 2.67 bits per heavy atom. The highest BCUT2D eigenvalue weighted by molar-refractivity contribution is 6.06. The molecule has 27 heavy (non-hydrogen) atoms. The van der Waals surface area contributed by atoms with E-state index in [0.717, 1.165) is 17.7 Å². The normalized spacial score (nSPS) is 13.6. The van der Waals surface area contributed by atoms with E-state index in [9.17, 15) is 14.4 Å². The van der Waals surface area contributed by atoms with Gasteiger partial charge in [-0.15, -0.1) is 0 Å². The number of nitrogens with one attached hydrogen (secondary N) is 1. The van der Waals surface area contributed by atoms with Crippen molar-refractivity contribution in [2.24, 2.45) is 0 Å². The van der Waals surface area contributed by atoms with Gasteiger partial charge >= 0.3 is 5.97 Å². The Labute approximate surface area is 158 Å². The van der Waals surface area contributed by atoms with Crippen molar-refractivity contribution < 1.29 is 19.1 Å². The molecule has 0 unspecified atom stereocenters.